The monoisotopic (exact) mass is 309 g/mol. The van der Waals surface area contributed by atoms with Crippen molar-refractivity contribution in [3.63, 3.8) is 0 Å². The number of nitrogens with zero attached hydrogens (tertiary/aromatic N) is 1. The van der Waals surface area contributed by atoms with Gasteiger partial charge in [0.2, 0.25) is 5.78 Å². The van der Waals surface area contributed by atoms with E-state index in [1.54, 1.807) is 31.2 Å². The quantitative estimate of drug-likeness (QED) is 0.812. The van der Waals surface area contributed by atoms with Gasteiger partial charge in [-0.25, -0.2) is 4.39 Å². The Hall–Kier alpha value is -3.13. The fourth-order valence-electron chi connectivity index (χ4n) is 2.38. The van der Waals surface area contributed by atoms with Crippen LogP contribution in [0, 0.1) is 24.1 Å². The molecule has 0 bridgehead atoms. The van der Waals surface area contributed by atoms with Gasteiger partial charge in [0.05, 0.1) is 5.56 Å². The van der Waals surface area contributed by atoms with Gasteiger partial charge in [0.1, 0.15) is 23.4 Å². The highest BCUT2D eigenvalue weighted by molar-refractivity contribution is 6.14. The van der Waals surface area contributed by atoms with Crippen molar-refractivity contribution in [3.8, 4) is 17.6 Å². The Morgan fingerprint density at radius 3 is 2.91 bits per heavy atom. The first-order chi connectivity index (χ1) is 11.1. The molecule has 23 heavy (non-hydrogen) atoms. The first-order valence-corrected chi connectivity index (χ1v) is 6.93. The molecule has 3 rings (SSSR count). The highest BCUT2D eigenvalue weighted by Gasteiger charge is 2.30. The summed E-state index contributed by atoms with van der Waals surface area (Å²) in [6.45, 7) is 1.67. The molecule has 1 aliphatic rings. The zero-order chi connectivity index (χ0) is 16.4. The number of allylic oxidation sites excluding steroid dienone is 1. The number of halogens is 1. The molecule has 1 heterocycles. The molecule has 0 atom stereocenters. The van der Waals surface area contributed by atoms with Crippen molar-refractivity contribution in [2.45, 2.75) is 6.92 Å². The maximum atomic E-state index is 13.2. The molecule has 114 valence electrons. The average molecular weight is 309 g/mol. The molecule has 0 aliphatic carbocycles. The molecule has 0 saturated heterocycles. The van der Waals surface area contributed by atoms with Crippen LogP contribution in [0.2, 0.25) is 0 Å². The Bertz CT molecular complexity index is 865. The van der Waals surface area contributed by atoms with Gasteiger partial charge in [-0.15, -0.1) is 0 Å². The summed E-state index contributed by atoms with van der Waals surface area (Å²) in [6.07, 6.45) is 1.50. The lowest BCUT2D eigenvalue weighted by Gasteiger charge is -2.08. The van der Waals surface area contributed by atoms with E-state index in [1.165, 1.54) is 18.2 Å². The van der Waals surface area contributed by atoms with Crippen LogP contribution >= 0.6 is 0 Å². The number of carbonyl (C=O) groups is 1. The molecule has 0 unspecified atom stereocenters. The molecule has 0 amide bonds. The fourth-order valence-corrected chi connectivity index (χ4v) is 2.38. The van der Waals surface area contributed by atoms with Gasteiger partial charge in [-0.2, -0.15) is 5.26 Å². The minimum atomic E-state index is -0.384. The Morgan fingerprint density at radius 2 is 2.17 bits per heavy atom. The lowest BCUT2D eigenvalue weighted by Crippen LogP contribution is -1.98. The van der Waals surface area contributed by atoms with E-state index in [0.717, 1.165) is 0 Å². The van der Waals surface area contributed by atoms with Crippen molar-refractivity contribution in [1.82, 2.24) is 0 Å². The van der Waals surface area contributed by atoms with Crippen molar-refractivity contribution in [3.05, 3.63) is 64.7 Å². The Labute approximate surface area is 132 Å². The number of hydrogen-bond donors (Lipinski definition) is 0. The van der Waals surface area contributed by atoms with Crippen molar-refractivity contribution in [2.24, 2.45) is 0 Å². The highest BCUT2D eigenvalue weighted by atomic mass is 19.1. The lowest BCUT2D eigenvalue weighted by molar-refractivity contribution is 0.101. The molecule has 2 aromatic rings. The molecular formula is C18H12FNO3. The second-order valence-electron chi connectivity index (χ2n) is 5.01. The normalized spacial score (nSPS) is 14.3. The molecular weight excluding hydrogens is 297 g/mol. The summed E-state index contributed by atoms with van der Waals surface area (Å²) in [7, 11) is 0. The topological polar surface area (TPSA) is 59.3 Å². The third-order valence-corrected chi connectivity index (χ3v) is 3.48. The smallest absolute Gasteiger partial charge is 0.231 e. The fraction of sp³-hybridized carbons (Fsp3) is 0.111. The number of Topliss-reactive ketones (excluding diaryl/α,β-unsaturated/α-hetero) is 1. The molecule has 0 fully saturated rings. The molecule has 4 nitrogen and oxygen atoms in total. The highest BCUT2D eigenvalue weighted by Crippen LogP contribution is 2.39. The minimum absolute atomic E-state index is 0.0838. The third kappa shape index (κ3) is 2.79. The number of fused-ring (bicyclic) bond motifs is 1. The van der Waals surface area contributed by atoms with E-state index in [0.29, 0.717) is 28.2 Å². The van der Waals surface area contributed by atoms with Gasteiger partial charge in [0, 0.05) is 5.56 Å². The van der Waals surface area contributed by atoms with Crippen LogP contribution in [0.4, 0.5) is 4.39 Å². The van der Waals surface area contributed by atoms with E-state index in [2.05, 4.69) is 0 Å². The van der Waals surface area contributed by atoms with Crippen LogP contribution < -0.4 is 9.47 Å². The molecule has 5 heteroatoms. The van der Waals surface area contributed by atoms with Crippen LogP contribution in [0.1, 0.15) is 21.5 Å². The van der Waals surface area contributed by atoms with Gasteiger partial charge in [-0.05, 0) is 42.8 Å². The van der Waals surface area contributed by atoms with Crippen LogP contribution in [0.3, 0.4) is 0 Å². The number of rotatable bonds is 3. The van der Waals surface area contributed by atoms with Gasteiger partial charge in [-0.1, -0.05) is 12.1 Å². The molecule has 1 aliphatic heterocycles. The van der Waals surface area contributed by atoms with E-state index < -0.39 is 0 Å². The Kier molecular flexibility index (Phi) is 3.82. The van der Waals surface area contributed by atoms with Crippen LogP contribution in [-0.2, 0) is 0 Å². The number of nitriles is 1. The van der Waals surface area contributed by atoms with Crippen LogP contribution in [-0.4, -0.2) is 12.4 Å². The second kappa shape index (κ2) is 5.93. The predicted molar refractivity (Wildman–Crippen MR) is 81.6 cm³/mol. The number of hydrogen-bond acceptors (Lipinski definition) is 4. The molecule has 0 saturated carbocycles. The second-order valence-corrected chi connectivity index (χ2v) is 5.01. The Morgan fingerprint density at radius 1 is 1.35 bits per heavy atom. The SMILES string of the molecule is Cc1c(OCC#N)ccc2c1O/C(=C\c1cccc(F)c1)C2=O. The summed E-state index contributed by atoms with van der Waals surface area (Å²) in [5.74, 6) is 0.384. The van der Waals surface area contributed by atoms with Crippen molar-refractivity contribution >= 4 is 11.9 Å². The molecule has 0 spiro atoms. The van der Waals surface area contributed by atoms with Gasteiger partial charge >= 0.3 is 0 Å². The van der Waals surface area contributed by atoms with E-state index in [9.17, 15) is 9.18 Å². The van der Waals surface area contributed by atoms with Crippen molar-refractivity contribution < 1.29 is 18.7 Å². The number of ether oxygens (including phenoxy) is 2. The lowest BCUT2D eigenvalue weighted by atomic mass is 10.1. The summed E-state index contributed by atoms with van der Waals surface area (Å²) in [4.78, 5) is 12.4. The third-order valence-electron chi connectivity index (χ3n) is 3.48. The first-order valence-electron chi connectivity index (χ1n) is 6.93. The van der Waals surface area contributed by atoms with Crippen molar-refractivity contribution in [2.75, 3.05) is 6.61 Å². The van der Waals surface area contributed by atoms with Crippen LogP contribution in [0.15, 0.2) is 42.2 Å². The standard InChI is InChI=1S/C18H12FNO3/c1-11-15(22-8-7-20)6-5-14-17(21)16(23-18(11)14)10-12-3-2-4-13(19)9-12/h2-6,9-10H,8H2,1H3/b16-10-. The first kappa shape index (κ1) is 14.8. The molecule has 0 N–H and O–H groups in total. The van der Waals surface area contributed by atoms with E-state index in [1.807, 2.05) is 6.07 Å². The molecule has 0 radical (unpaired) electrons. The molecule has 2 aromatic carbocycles. The maximum Gasteiger partial charge on any atom is 0.231 e. The van der Waals surface area contributed by atoms with Gasteiger partial charge in [0.15, 0.2) is 12.4 Å². The summed E-state index contributed by atoms with van der Waals surface area (Å²) in [6, 6.07) is 11.0. The summed E-state index contributed by atoms with van der Waals surface area (Å²) in [5.41, 5.74) is 1.61. The van der Waals surface area contributed by atoms with Crippen molar-refractivity contribution in [1.29, 1.82) is 5.26 Å². The number of carbonyl (C=O) groups excluding carboxylic acids is 1. The zero-order valence-corrected chi connectivity index (χ0v) is 12.3. The summed E-state index contributed by atoms with van der Waals surface area (Å²) in [5, 5.41) is 8.58. The average Bonchev–Trinajstić information content (AvgIpc) is 2.84. The summed E-state index contributed by atoms with van der Waals surface area (Å²) >= 11 is 0. The summed E-state index contributed by atoms with van der Waals surface area (Å²) < 4.78 is 24.2. The van der Waals surface area contributed by atoms with Gasteiger partial charge in [0.25, 0.3) is 0 Å². The number of benzene rings is 2. The van der Waals surface area contributed by atoms with E-state index in [-0.39, 0.29) is 24.0 Å². The maximum absolute atomic E-state index is 13.2. The van der Waals surface area contributed by atoms with E-state index >= 15 is 0 Å². The minimum Gasteiger partial charge on any atom is -0.478 e. The zero-order valence-electron chi connectivity index (χ0n) is 12.3. The number of ketones is 1. The van der Waals surface area contributed by atoms with E-state index in [4.69, 9.17) is 14.7 Å². The van der Waals surface area contributed by atoms with Crippen LogP contribution in [0.5, 0.6) is 11.5 Å². The largest absolute Gasteiger partial charge is 0.478 e. The van der Waals surface area contributed by atoms with Crippen LogP contribution in [0.25, 0.3) is 6.08 Å². The predicted octanol–water partition coefficient (Wildman–Crippen LogP) is 3.65. The van der Waals surface area contributed by atoms with Gasteiger partial charge in [-0.3, -0.25) is 4.79 Å². The van der Waals surface area contributed by atoms with Gasteiger partial charge < -0.3 is 9.47 Å². The molecule has 0 aromatic heterocycles. The Balaban J connectivity index is 1.96.